The second-order valence-corrected chi connectivity index (χ2v) is 40.3. The Balaban J connectivity index is 0.929. The number of rotatable bonds is 33. The highest BCUT2D eigenvalue weighted by molar-refractivity contribution is 8.14. The van der Waals surface area contributed by atoms with Gasteiger partial charge in [-0.3, -0.25) is 43.2 Å². The normalized spacial score (nSPS) is 28.4. The number of ketones is 2. The molecule has 7 aromatic rings. The van der Waals surface area contributed by atoms with E-state index in [2.05, 4.69) is 42.5 Å². The number of ether oxygens (including phenoxy) is 8. The van der Waals surface area contributed by atoms with Gasteiger partial charge < -0.3 is 149 Å². The van der Waals surface area contributed by atoms with Gasteiger partial charge in [0, 0.05) is 91.4 Å². The summed E-state index contributed by atoms with van der Waals surface area (Å²) >= 11 is 21.6. The first-order chi connectivity index (χ1) is 68.0. The molecule has 7 aromatic carbocycles. The average molecular weight is 2060 g/mol. The largest absolute Gasteiger partial charge is 0.508 e. The summed E-state index contributed by atoms with van der Waals surface area (Å²) in [5, 5.41) is 142. The molecule has 9 aliphatic rings. The number of carbonyl (C=O) groups is 9. The van der Waals surface area contributed by atoms with Gasteiger partial charge in [-0.15, -0.1) is 0 Å². The highest BCUT2D eigenvalue weighted by atomic mass is 35.5. The SMILES string of the molecule is CCC(CC(C)O)C(=O)NC1C(=O)CC(CC(N)=O)C(=O)NC2C(=O)CC3C(=O)NC(C(=O)NC(C(=O)SCC(=O)NCCCNCCCCCNCCN)c4cc(O)cc5c4-c4cc3ccc4C5(O)O)C(OC3CC(C)(N)C(O)C(C)O3)c3ccc(c(Cl)c3)Oc3cc2cc(c3OC2OC(CO)C(O)C(O)C2OC2CC(C)(NCc3ccc(-c4ccc(Cl)cc4)cc3)C(O)C(C)O2)Oc2ccc(cc2Cl)C1O. The fourth-order valence-corrected chi connectivity index (χ4v) is 20.5. The molecular formula is C101H124Cl3N11O27S. The lowest BCUT2D eigenvalue weighted by Crippen LogP contribution is -2.65. The van der Waals surface area contributed by atoms with Gasteiger partial charge in [0.15, 0.2) is 41.7 Å². The van der Waals surface area contributed by atoms with Crippen LogP contribution in [0.2, 0.25) is 15.1 Å². The molecule has 3 saturated heterocycles. The molecule has 0 saturated carbocycles. The number of unbranched alkanes of at least 4 members (excludes halogenated alkanes) is 2. The summed E-state index contributed by atoms with van der Waals surface area (Å²) in [5.41, 5.74) is 16.0. The Kier molecular flexibility index (Phi) is 35.9. The first-order valence-electron chi connectivity index (χ1n) is 47.8. The Morgan fingerprint density at radius 3 is 1.92 bits per heavy atom. The molecule has 8 aliphatic heterocycles. The summed E-state index contributed by atoms with van der Waals surface area (Å²) in [6, 6.07) is 22.0. The fourth-order valence-electron chi connectivity index (χ4n) is 19.2. The third kappa shape index (κ3) is 25.5. The molecule has 143 heavy (non-hydrogen) atoms. The predicted molar refractivity (Wildman–Crippen MR) is 524 cm³/mol. The lowest BCUT2D eigenvalue weighted by Gasteiger charge is -2.48. The Bertz CT molecular complexity index is 5800. The molecule has 0 aromatic heterocycles. The van der Waals surface area contributed by atoms with Crippen molar-refractivity contribution in [3.05, 3.63) is 187 Å². The Morgan fingerprint density at radius 2 is 1.29 bits per heavy atom. The number of aromatic hydroxyl groups is 1. The quantitative estimate of drug-likeness (QED) is 0.0173. The zero-order chi connectivity index (χ0) is 103. The number of thioether (sulfide) groups is 1. The Labute approximate surface area is 844 Å². The molecule has 24 N–H and O–H groups in total. The van der Waals surface area contributed by atoms with Gasteiger partial charge in [-0.25, -0.2) is 0 Å². The van der Waals surface area contributed by atoms with Crippen LogP contribution in [0.5, 0.6) is 34.5 Å². The van der Waals surface area contributed by atoms with Gasteiger partial charge in [0.25, 0.3) is 0 Å². The van der Waals surface area contributed by atoms with Crippen molar-refractivity contribution in [3.8, 4) is 56.8 Å². The fraction of sp³-hybridized carbons (Fsp3) is 0.495. The minimum absolute atomic E-state index is 0.113. The first kappa shape index (κ1) is 109. The van der Waals surface area contributed by atoms with Crippen molar-refractivity contribution >= 4 is 98.7 Å². The average Bonchev–Trinajstić information content (AvgIpc) is 1.56. The van der Waals surface area contributed by atoms with Crippen molar-refractivity contribution in [2.75, 3.05) is 51.6 Å². The van der Waals surface area contributed by atoms with Gasteiger partial charge in [0.05, 0.1) is 64.8 Å². The third-order valence-electron chi connectivity index (χ3n) is 27.1. The molecule has 16 rings (SSSR count). The molecule has 3 fully saturated rings. The monoisotopic (exact) mass is 2060 g/mol. The van der Waals surface area contributed by atoms with E-state index in [0.29, 0.717) is 36.3 Å². The van der Waals surface area contributed by atoms with Crippen LogP contribution < -0.4 is 73.9 Å². The van der Waals surface area contributed by atoms with Crippen LogP contribution in [0.1, 0.15) is 187 Å². The summed E-state index contributed by atoms with van der Waals surface area (Å²) in [6.45, 7) is 12.1. The van der Waals surface area contributed by atoms with E-state index in [1.165, 1.54) is 75.4 Å². The van der Waals surface area contributed by atoms with Crippen LogP contribution in [0, 0.1) is 11.8 Å². The highest BCUT2D eigenvalue weighted by Crippen LogP contribution is 2.54. The maximum atomic E-state index is 17.0. The van der Waals surface area contributed by atoms with Crippen molar-refractivity contribution in [1.29, 1.82) is 0 Å². The number of hydrogen-bond donors (Lipinski definition) is 21. The van der Waals surface area contributed by atoms with Gasteiger partial charge in [0.2, 0.25) is 58.4 Å². The van der Waals surface area contributed by atoms with Crippen LogP contribution in [0.15, 0.2) is 127 Å². The van der Waals surface area contributed by atoms with Crippen molar-refractivity contribution in [2.24, 2.45) is 29.0 Å². The molecule has 1 aliphatic carbocycles. The number of aliphatic hydroxyl groups is 9. The molecule has 8 heterocycles. The lowest BCUT2D eigenvalue weighted by molar-refractivity contribution is -0.334. The zero-order valence-corrected chi connectivity index (χ0v) is 82.7. The third-order valence-corrected chi connectivity index (χ3v) is 28.9. The van der Waals surface area contributed by atoms with Gasteiger partial charge in [-0.2, -0.15) is 0 Å². The van der Waals surface area contributed by atoms with Crippen LogP contribution in [0.3, 0.4) is 0 Å². The van der Waals surface area contributed by atoms with Crippen LogP contribution in [0.4, 0.5) is 0 Å². The summed E-state index contributed by atoms with van der Waals surface area (Å²) in [5.74, 6) is -20.5. The number of nitrogens with one attached hydrogen (secondary N) is 8. The zero-order valence-electron chi connectivity index (χ0n) is 79.6. The number of aliphatic hydroxyl groups excluding tert-OH is 7. The number of nitrogens with two attached hydrogens (primary N) is 3. The van der Waals surface area contributed by atoms with E-state index in [-0.39, 0.29) is 94.2 Å². The van der Waals surface area contributed by atoms with Crippen LogP contribution >= 0.6 is 46.6 Å². The number of Topliss-reactive ketones (excluding diaryl/α,β-unsaturated/α-hetero) is 2. The smallest absolute Gasteiger partial charge is 0.246 e. The first-order valence-corrected chi connectivity index (χ1v) is 49.9. The van der Waals surface area contributed by atoms with Gasteiger partial charge in [-0.1, -0.05) is 121 Å². The number of amides is 6. The van der Waals surface area contributed by atoms with Crippen molar-refractivity contribution in [3.63, 3.8) is 0 Å². The number of benzene rings is 7. The van der Waals surface area contributed by atoms with E-state index in [9.17, 15) is 65.4 Å². The van der Waals surface area contributed by atoms with E-state index in [0.717, 1.165) is 79.9 Å². The van der Waals surface area contributed by atoms with Gasteiger partial charge in [-0.05, 0) is 209 Å². The summed E-state index contributed by atoms with van der Waals surface area (Å²) in [4.78, 5) is 139. The molecule has 42 heteroatoms. The standard InChI is InChI=1S/C101H124Cl3N11O27S/c1-7-52(32-48(2)117)93(128)114-83-69(119)36-59(39-76(106)121)94(129)112-81-58-37-73(137-71-24-19-56(85(83)123)34-67(71)103)89(142-98-90(87(125)86(124)75(46-116)139-98)141-79-44-100(6,92(127)50(4)136-79)111-45-51-12-14-53(15-13-51)54-16-21-60(102)22-17-54)74(38-58)138-72-25-20-57(35-68(72)104)88(140-78-43-99(5,107)91(126)49(3)135-78)84-96(131)113-82(97(132)143-47-77(122)110-30-11-29-108-27-9-8-10-28-109-31-26-105)64-40-61(118)41-66-80(64)63-33-55(18-23-65(63)101(66,133)134)62(42-70(81)120)95(130)115-84/h12-25,33-35,37-38,40-41,48-50,52,59,62,75,78-79,81-88,90-92,98,108-109,111,116-118,123-127,133-134H,7-11,26-32,36,39,42-47,105,107H2,1-6H3,(H2,106,121)(H,110,122)(H,112,129)(H,113,131)(H,114,128)(H,115,130). The van der Waals surface area contributed by atoms with Crippen molar-refractivity contribution < 1.29 is 132 Å². The molecule has 772 valence electrons. The second kappa shape index (κ2) is 47.3. The molecule has 23 atom stereocenters. The Morgan fingerprint density at radius 1 is 0.657 bits per heavy atom. The van der Waals surface area contributed by atoms with Crippen molar-refractivity contribution in [2.45, 2.75) is 252 Å². The summed E-state index contributed by atoms with van der Waals surface area (Å²) < 4.78 is 53.8. The number of halogens is 3. The van der Waals surface area contributed by atoms with Crippen LogP contribution in [-0.4, -0.2) is 252 Å². The van der Waals surface area contributed by atoms with Crippen molar-refractivity contribution in [1.82, 2.24) is 42.5 Å². The number of primary amides is 1. The molecule has 0 radical (unpaired) electrons. The number of fused-ring (bicyclic) bond motifs is 12. The maximum absolute atomic E-state index is 17.0. The topological polar surface area (TPSA) is 604 Å². The molecule has 23 unspecified atom stereocenters. The number of phenols is 1. The van der Waals surface area contributed by atoms with E-state index in [1.807, 2.05) is 36.4 Å². The van der Waals surface area contributed by atoms with Crippen LogP contribution in [0.25, 0.3) is 22.3 Å². The molecule has 0 spiro atoms. The lowest BCUT2D eigenvalue weighted by atomic mass is 9.84. The summed E-state index contributed by atoms with van der Waals surface area (Å²) in [6.07, 6.45) is -22.9. The predicted octanol–water partition coefficient (Wildman–Crippen LogP) is 5.71. The van der Waals surface area contributed by atoms with Crippen LogP contribution in [-0.2, 0) is 79.2 Å². The maximum Gasteiger partial charge on any atom is 0.246 e. The molecule has 6 amide bonds. The minimum Gasteiger partial charge on any atom is -0.508 e. The van der Waals surface area contributed by atoms with E-state index >= 15 is 28.8 Å². The number of carbonyl (C=O) groups excluding carboxylic acids is 9. The molecule has 38 nitrogen and oxygen atoms in total. The van der Waals surface area contributed by atoms with E-state index < -0.39 is 268 Å². The molecule has 11 bridgehead atoms. The number of phenolic OH excluding ortho intramolecular Hbond substituents is 1. The second-order valence-electron chi connectivity index (χ2n) is 38.1. The Hall–Kier alpha value is -9.97. The number of hydrogen-bond acceptors (Lipinski definition) is 33. The van der Waals surface area contributed by atoms with E-state index in [4.69, 9.17) is 89.9 Å². The summed E-state index contributed by atoms with van der Waals surface area (Å²) in [7, 11) is 0. The van der Waals surface area contributed by atoms with Gasteiger partial charge >= 0.3 is 0 Å². The minimum atomic E-state index is -3.06. The van der Waals surface area contributed by atoms with E-state index in [1.54, 1.807) is 32.9 Å². The molecular weight excluding hydrogens is 1940 g/mol. The highest BCUT2D eigenvalue weighted by Gasteiger charge is 2.54. The van der Waals surface area contributed by atoms with Gasteiger partial charge in [0.1, 0.15) is 71.9 Å².